The first-order valence-corrected chi connectivity index (χ1v) is 28.0. The van der Waals surface area contributed by atoms with Gasteiger partial charge in [0.05, 0.1) is 35.6 Å². The fraction of sp³-hybridized carbons (Fsp3) is 0.639. The first kappa shape index (κ1) is 63.4. The van der Waals surface area contributed by atoms with Gasteiger partial charge in [0.15, 0.2) is 17.5 Å². The molecule has 11 atom stereocenters. The summed E-state index contributed by atoms with van der Waals surface area (Å²) in [5.41, 5.74) is -8.14. The SMILES string of the molecule is CC(=O)O[C@@]12CO[C@@H]1C[C@H](O)[C@@]1(C)C(=O)[C@H](O)C3=C(C)[C@@H](OC(=O)[C@H](O)[C@@H](NC(=O)OC(C)(C)C)c4ccccc4)C[C@@](O)([C@@H](OC(=O)c4ccccc4)[C@H]21)C3(C)C.CCCCCCCCC=CCCCCCCCC(=O)O. The Morgan fingerprint density at radius 1 is 0.833 bits per heavy atom. The number of hydrogen-bond acceptors (Lipinski definition) is 15. The molecule has 0 aromatic heterocycles. The lowest BCUT2D eigenvalue weighted by atomic mass is 9.44. The summed E-state index contributed by atoms with van der Waals surface area (Å²) in [6.07, 6.45) is 9.76. The second kappa shape index (κ2) is 27.6. The van der Waals surface area contributed by atoms with E-state index in [2.05, 4.69) is 24.4 Å². The average molecular weight is 1090 g/mol. The number of alkyl carbamates (subject to hydrolysis) is 1. The summed E-state index contributed by atoms with van der Waals surface area (Å²) in [4.78, 5) is 79.2. The van der Waals surface area contributed by atoms with E-state index in [1.165, 1.54) is 96.6 Å². The Balaban J connectivity index is 0.000000475. The summed E-state index contributed by atoms with van der Waals surface area (Å²) < 4.78 is 29.5. The molecule has 0 unspecified atom stereocenters. The van der Waals surface area contributed by atoms with Gasteiger partial charge >= 0.3 is 30.0 Å². The van der Waals surface area contributed by atoms with Crippen LogP contribution in [0, 0.1) is 16.7 Å². The quantitative estimate of drug-likeness (QED) is 0.0262. The smallest absolute Gasteiger partial charge is 0.408 e. The predicted octanol–water partition coefficient (Wildman–Crippen LogP) is 9.37. The zero-order valence-electron chi connectivity index (χ0n) is 47.3. The first-order chi connectivity index (χ1) is 36.8. The van der Waals surface area contributed by atoms with Crippen LogP contribution in [0.5, 0.6) is 0 Å². The maximum atomic E-state index is 14.9. The molecule has 432 valence electrons. The molecule has 2 saturated carbocycles. The Hall–Kier alpha value is -5.46. The summed E-state index contributed by atoms with van der Waals surface area (Å²) in [7, 11) is 0. The van der Waals surface area contributed by atoms with Gasteiger partial charge < -0.3 is 54.5 Å². The Kier molecular flexibility index (Phi) is 22.4. The highest BCUT2D eigenvalue weighted by molar-refractivity contribution is 5.94. The fourth-order valence-corrected chi connectivity index (χ4v) is 11.9. The number of aliphatic carboxylic acids is 1. The number of aliphatic hydroxyl groups excluding tert-OH is 3. The molecule has 6 rings (SSSR count). The monoisotopic (exact) mass is 1090 g/mol. The van der Waals surface area contributed by atoms with Gasteiger partial charge in [0.25, 0.3) is 0 Å². The molecule has 6 N–H and O–H groups in total. The molecule has 1 aliphatic heterocycles. The van der Waals surface area contributed by atoms with Crippen molar-refractivity contribution in [3.8, 4) is 0 Å². The van der Waals surface area contributed by atoms with E-state index in [1.54, 1.807) is 83.1 Å². The molecule has 1 amide bonds. The minimum absolute atomic E-state index is 0.0637. The van der Waals surface area contributed by atoms with Crippen LogP contribution in [-0.2, 0) is 42.9 Å². The van der Waals surface area contributed by atoms with Crippen LogP contribution in [-0.4, -0.2) is 121 Å². The van der Waals surface area contributed by atoms with Crippen LogP contribution in [0.15, 0.2) is 84.0 Å². The fourth-order valence-electron chi connectivity index (χ4n) is 11.9. The number of esters is 3. The van der Waals surface area contributed by atoms with Gasteiger partial charge in [0, 0.05) is 31.6 Å². The van der Waals surface area contributed by atoms with Gasteiger partial charge in [-0.1, -0.05) is 133 Å². The van der Waals surface area contributed by atoms with Crippen molar-refractivity contribution in [1.29, 1.82) is 0 Å². The summed E-state index contributed by atoms with van der Waals surface area (Å²) in [5.74, 6) is -6.03. The van der Waals surface area contributed by atoms with Gasteiger partial charge in [-0.05, 0) is 95.6 Å². The van der Waals surface area contributed by atoms with Crippen molar-refractivity contribution in [2.24, 2.45) is 16.7 Å². The van der Waals surface area contributed by atoms with E-state index in [-0.39, 0.29) is 29.7 Å². The van der Waals surface area contributed by atoms with Crippen molar-refractivity contribution in [3.63, 3.8) is 0 Å². The molecule has 17 nitrogen and oxygen atoms in total. The maximum Gasteiger partial charge on any atom is 0.408 e. The van der Waals surface area contributed by atoms with Crippen LogP contribution in [0.3, 0.4) is 0 Å². The van der Waals surface area contributed by atoms with E-state index in [9.17, 15) is 49.2 Å². The van der Waals surface area contributed by atoms with E-state index in [0.29, 0.717) is 12.0 Å². The van der Waals surface area contributed by atoms with Crippen LogP contribution in [0.2, 0.25) is 0 Å². The molecule has 3 aliphatic carbocycles. The number of allylic oxidation sites excluding steroid dienone is 2. The Morgan fingerprint density at radius 2 is 1.40 bits per heavy atom. The number of nitrogens with one attached hydrogen (secondary N) is 1. The molecular weight excluding hydrogens is 1000 g/mol. The number of ether oxygens (including phenoxy) is 5. The number of carboxylic acid groups (broad SMARTS) is 1. The van der Waals surface area contributed by atoms with E-state index < -0.39 is 118 Å². The molecular formula is C61H87NO16. The van der Waals surface area contributed by atoms with E-state index in [1.807, 2.05) is 0 Å². The van der Waals surface area contributed by atoms with Crippen molar-refractivity contribution >= 4 is 35.8 Å². The molecule has 1 heterocycles. The number of unbranched alkanes of at least 4 members (excludes halogenated alkanes) is 11. The highest BCUT2D eigenvalue weighted by Gasteiger charge is 2.78. The highest BCUT2D eigenvalue weighted by Crippen LogP contribution is 2.64. The zero-order chi connectivity index (χ0) is 57.6. The van der Waals surface area contributed by atoms with Gasteiger partial charge in [0.1, 0.15) is 35.6 Å². The second-order valence-electron chi connectivity index (χ2n) is 23.3. The number of amides is 1. The van der Waals surface area contributed by atoms with E-state index >= 15 is 0 Å². The largest absolute Gasteiger partial charge is 0.481 e. The summed E-state index contributed by atoms with van der Waals surface area (Å²) >= 11 is 0. The molecule has 17 heteroatoms. The van der Waals surface area contributed by atoms with Crippen molar-refractivity contribution in [2.75, 3.05) is 6.61 Å². The molecule has 1 saturated heterocycles. The summed E-state index contributed by atoms with van der Waals surface area (Å²) in [6, 6.07) is 14.6. The highest BCUT2D eigenvalue weighted by atomic mass is 16.6. The minimum Gasteiger partial charge on any atom is -0.481 e. The Morgan fingerprint density at radius 3 is 1.94 bits per heavy atom. The average Bonchev–Trinajstić information content (AvgIpc) is 2.93. The topological polar surface area (TPSA) is 262 Å². The van der Waals surface area contributed by atoms with Gasteiger partial charge in [-0.3, -0.25) is 14.4 Å². The lowest BCUT2D eigenvalue weighted by Gasteiger charge is -2.67. The van der Waals surface area contributed by atoms with Gasteiger partial charge in [-0.2, -0.15) is 0 Å². The second-order valence-corrected chi connectivity index (χ2v) is 23.3. The molecule has 2 aromatic rings. The molecule has 3 fully saturated rings. The minimum atomic E-state index is -2.35. The number of Topliss-reactive ketones (excluding diaryl/α,β-unsaturated/α-hetero) is 1. The third kappa shape index (κ3) is 14.9. The van der Waals surface area contributed by atoms with Crippen molar-refractivity contribution < 1.29 is 78.0 Å². The lowest BCUT2D eigenvalue weighted by molar-refractivity contribution is -0.346. The van der Waals surface area contributed by atoms with Crippen LogP contribution >= 0.6 is 0 Å². The number of benzene rings is 2. The maximum absolute atomic E-state index is 14.9. The van der Waals surface area contributed by atoms with Crippen LogP contribution in [0.1, 0.15) is 187 Å². The van der Waals surface area contributed by atoms with Crippen molar-refractivity contribution in [3.05, 3.63) is 95.1 Å². The predicted molar refractivity (Wildman–Crippen MR) is 291 cm³/mol. The molecule has 2 aromatic carbocycles. The standard InChI is InChI=1S/C43H53NO14.C18H34O2/c1-22-26(55-37(51)32(48)30(24-15-11-9-12-16-24)44-38(52)58-39(3,4)5)20-43(53)35(56-36(50)25-17-13-10-14-18-25)33-41(8,34(49)31(47)29(22)40(43,6)7)27(46)19-28-42(33,21-54-28)57-23(2)45;1-2-3-4-5-6-7-8-9-10-11-12-13-14-15-16-17-18(19)20/h9-18,26-28,30-33,35,46-48,53H,19-21H2,1-8H3,(H,44,52);9-10H,2-8,11-17H2,1H3,(H,19,20)/t26-,27-,28+,30-,31+,32+,33-,35-,41+,42-,43+;/m0./s1. The third-order valence-corrected chi connectivity index (χ3v) is 16.2. The number of hydrogen-bond donors (Lipinski definition) is 6. The van der Waals surface area contributed by atoms with Crippen LogP contribution < -0.4 is 5.32 Å². The van der Waals surface area contributed by atoms with Crippen molar-refractivity contribution in [1.82, 2.24) is 5.32 Å². The number of carbonyl (C=O) groups is 6. The number of ketones is 1. The molecule has 0 radical (unpaired) electrons. The Labute approximate surface area is 460 Å². The summed E-state index contributed by atoms with van der Waals surface area (Å²) in [5, 5.41) is 60.1. The lowest BCUT2D eigenvalue weighted by Crippen LogP contribution is -2.81. The zero-order valence-corrected chi connectivity index (χ0v) is 47.3. The molecule has 78 heavy (non-hydrogen) atoms. The molecule has 0 spiro atoms. The van der Waals surface area contributed by atoms with Crippen LogP contribution in [0.4, 0.5) is 4.79 Å². The van der Waals surface area contributed by atoms with Gasteiger partial charge in [-0.25, -0.2) is 14.4 Å². The van der Waals surface area contributed by atoms with E-state index in [4.69, 9.17) is 28.8 Å². The molecule has 2 bridgehead atoms. The van der Waals surface area contributed by atoms with Crippen LogP contribution in [0.25, 0.3) is 0 Å². The Bertz CT molecular complexity index is 2420. The normalized spacial score (nSPS) is 27.9. The first-order valence-electron chi connectivity index (χ1n) is 28.0. The third-order valence-electron chi connectivity index (χ3n) is 16.2. The van der Waals surface area contributed by atoms with Gasteiger partial charge in [-0.15, -0.1) is 0 Å². The van der Waals surface area contributed by atoms with Gasteiger partial charge in [0.2, 0.25) is 0 Å². The summed E-state index contributed by atoms with van der Waals surface area (Å²) in [6.45, 7) is 14.0. The number of fused-ring (bicyclic) bond motifs is 5. The number of carbonyl (C=O) groups excluding carboxylic acids is 5. The van der Waals surface area contributed by atoms with Crippen molar-refractivity contribution in [2.45, 2.75) is 225 Å². The molecule has 4 aliphatic rings. The van der Waals surface area contributed by atoms with E-state index in [0.717, 1.165) is 19.8 Å². The number of aliphatic hydroxyl groups is 4. The number of rotatable bonds is 23. The number of carboxylic acids is 1.